The first kappa shape index (κ1) is 25.8. The molecule has 3 aromatic rings. The molecule has 10 heteroatoms. The number of aryl methyl sites for hydroxylation is 6. The number of nitrogens with zero attached hydrogens (tertiary/aromatic N) is 1. The van der Waals surface area contributed by atoms with E-state index >= 15 is 0 Å². The Morgan fingerprint density at radius 1 is 0.618 bits per heavy atom. The van der Waals surface area contributed by atoms with E-state index in [2.05, 4.69) is 0 Å². The van der Waals surface area contributed by atoms with E-state index in [1.54, 1.807) is 52.0 Å². The molecule has 0 saturated heterocycles. The van der Waals surface area contributed by atoms with E-state index in [4.69, 9.17) is 4.28 Å². The molecule has 34 heavy (non-hydrogen) atoms. The zero-order valence-corrected chi connectivity index (χ0v) is 20.1. The van der Waals surface area contributed by atoms with Crippen molar-refractivity contribution in [2.24, 2.45) is 0 Å². The van der Waals surface area contributed by atoms with Gasteiger partial charge in [-0.15, -0.1) is 0 Å². The van der Waals surface area contributed by atoms with Gasteiger partial charge in [-0.1, -0.05) is 35.4 Å². The van der Waals surface area contributed by atoms with E-state index in [1.807, 2.05) is 13.8 Å². The Balaban J connectivity index is 2.32. The topological polar surface area (TPSA) is 49.4 Å². The van der Waals surface area contributed by atoms with Gasteiger partial charge in [0.05, 0.1) is 15.9 Å². The Hall–Kier alpha value is -2.82. The summed E-state index contributed by atoms with van der Waals surface area (Å²) in [7, 11) is -5.54. The third-order valence-electron chi connectivity index (χ3n) is 5.27. The van der Waals surface area contributed by atoms with E-state index in [-0.39, 0.29) is 11.4 Å². The summed E-state index contributed by atoms with van der Waals surface area (Å²) >= 11 is 0. The molecule has 4 nitrogen and oxygen atoms in total. The molecule has 0 aliphatic heterocycles. The van der Waals surface area contributed by atoms with Crippen LogP contribution in [-0.4, -0.2) is 0 Å². The molecule has 3 rings (SSSR count). The van der Waals surface area contributed by atoms with Crippen molar-refractivity contribution < 1.29 is 35.0 Å². The van der Waals surface area contributed by atoms with Crippen molar-refractivity contribution in [3.05, 3.63) is 86.7 Å². The van der Waals surface area contributed by atoms with Crippen LogP contribution in [0.25, 0.3) is 0 Å². The van der Waals surface area contributed by atoms with Crippen LogP contribution < -0.4 is 5.06 Å². The molecule has 0 fully saturated rings. The standard InChI is InChI=1S/C24H22F5NO3S/c1-11-7-13(3)22(14(4)8-11)30(23-15(5)9-12(2)10-16(23)6)33-34(31,32)24-20(28)18(26)17(25)19(27)21(24)29/h7-10H,1-6H3/q+1. The zero-order valence-electron chi connectivity index (χ0n) is 19.3. The minimum absolute atomic E-state index is 0.244. The second kappa shape index (κ2) is 9.09. The predicted molar refractivity (Wildman–Crippen MR) is 118 cm³/mol. The van der Waals surface area contributed by atoms with Gasteiger partial charge >= 0.3 is 15.4 Å². The number of halogens is 5. The highest BCUT2D eigenvalue weighted by atomic mass is 32.3. The molecule has 0 saturated carbocycles. The van der Waals surface area contributed by atoms with Crippen LogP contribution in [0.5, 0.6) is 0 Å². The smallest absolute Gasteiger partial charge is 0.200 e. The van der Waals surface area contributed by atoms with Crippen LogP contribution in [0.3, 0.4) is 0 Å². The number of benzene rings is 3. The average Bonchev–Trinajstić information content (AvgIpc) is 2.68. The van der Waals surface area contributed by atoms with Gasteiger partial charge in [-0.3, -0.25) is 0 Å². The number of hydrogen-bond donors (Lipinski definition) is 0. The molecule has 0 aromatic heterocycles. The summed E-state index contributed by atoms with van der Waals surface area (Å²) in [6, 6.07) is 6.95. The number of rotatable bonds is 5. The lowest BCUT2D eigenvalue weighted by Gasteiger charge is -2.27. The molecule has 0 aliphatic carbocycles. The van der Waals surface area contributed by atoms with Crippen LogP contribution >= 0.6 is 0 Å². The molecule has 181 valence electrons. The average molecular weight is 500 g/mol. The third kappa shape index (κ3) is 4.45. The van der Waals surface area contributed by atoms with Gasteiger partial charge in [-0.05, 0) is 72.3 Å². The van der Waals surface area contributed by atoms with Crippen LogP contribution in [0.4, 0.5) is 33.3 Å². The molecule has 3 aromatic carbocycles. The summed E-state index contributed by atoms with van der Waals surface area (Å²) in [4.78, 5) is -2.07. The number of hydrogen-bond acceptors (Lipinski definition) is 3. The Labute approximate surface area is 195 Å². The fourth-order valence-corrected chi connectivity index (χ4v) is 5.15. The second-order valence-electron chi connectivity index (χ2n) is 8.22. The maximum atomic E-state index is 14.4. The minimum Gasteiger partial charge on any atom is -0.200 e. The molecule has 0 heterocycles. The van der Waals surface area contributed by atoms with Crippen LogP contribution in [0.1, 0.15) is 33.4 Å². The van der Waals surface area contributed by atoms with E-state index in [9.17, 15) is 30.7 Å². The predicted octanol–water partition coefficient (Wildman–Crippen LogP) is 7.12. The highest BCUT2D eigenvalue weighted by Crippen LogP contribution is 2.41. The molecule has 1 atom stereocenters. The van der Waals surface area contributed by atoms with Gasteiger partial charge in [0.2, 0.25) is 29.1 Å². The Bertz CT molecular complexity index is 1230. The summed E-state index contributed by atoms with van der Waals surface area (Å²) in [5.74, 6) is -12.3. The molecule has 0 spiro atoms. The third-order valence-corrected chi connectivity index (χ3v) is 6.47. The fourth-order valence-electron chi connectivity index (χ4n) is 4.11. The maximum Gasteiger partial charge on any atom is 0.460 e. The quantitative estimate of drug-likeness (QED) is 0.123. The Morgan fingerprint density at radius 2 is 0.912 bits per heavy atom. The molecule has 0 aliphatic rings. The summed E-state index contributed by atoms with van der Waals surface area (Å²) in [5, 5.41) is 0.863. The van der Waals surface area contributed by atoms with E-state index < -0.39 is 44.5 Å². The second-order valence-corrected chi connectivity index (χ2v) is 9.68. The lowest BCUT2D eigenvalue weighted by Crippen LogP contribution is -2.30. The van der Waals surface area contributed by atoms with Gasteiger partial charge in [-0.25, -0.2) is 13.2 Å². The number of anilines is 2. The van der Waals surface area contributed by atoms with Gasteiger partial charge in [-0.2, -0.15) is 13.8 Å². The molecular formula is C24H22F5NO3S+. The highest BCUT2D eigenvalue weighted by Gasteiger charge is 2.50. The molecule has 0 amide bonds. The first-order valence-electron chi connectivity index (χ1n) is 10.1. The van der Waals surface area contributed by atoms with Gasteiger partial charge < -0.3 is 0 Å². The monoisotopic (exact) mass is 499 g/mol. The molecule has 1 unspecified atom stereocenters. The van der Waals surface area contributed by atoms with Crippen molar-refractivity contribution in [3.63, 3.8) is 0 Å². The van der Waals surface area contributed by atoms with E-state index in [0.29, 0.717) is 22.3 Å². The van der Waals surface area contributed by atoms with Crippen LogP contribution in [0.15, 0.2) is 29.2 Å². The zero-order chi connectivity index (χ0) is 25.7. The molecule has 1 radical (unpaired) electrons. The van der Waals surface area contributed by atoms with E-state index in [0.717, 1.165) is 16.2 Å². The first-order valence-corrected chi connectivity index (χ1v) is 11.5. The lowest BCUT2D eigenvalue weighted by atomic mass is 10.0. The van der Waals surface area contributed by atoms with Gasteiger partial charge in [0.1, 0.15) is 0 Å². The molecular weight excluding hydrogens is 477 g/mol. The van der Waals surface area contributed by atoms with Crippen molar-refractivity contribution in [1.82, 2.24) is 0 Å². The van der Waals surface area contributed by atoms with Crippen molar-refractivity contribution in [2.45, 2.75) is 46.4 Å². The largest absolute Gasteiger partial charge is 0.460 e. The summed E-state index contributed by atoms with van der Waals surface area (Å²) in [6.45, 7) is 10.3. The summed E-state index contributed by atoms with van der Waals surface area (Å²) < 4.78 is 101. The van der Waals surface area contributed by atoms with Crippen molar-refractivity contribution >= 4 is 21.9 Å². The van der Waals surface area contributed by atoms with Crippen molar-refractivity contribution in [2.75, 3.05) is 5.06 Å². The molecule has 0 bridgehead atoms. The van der Waals surface area contributed by atoms with Crippen LogP contribution in [0, 0.1) is 70.6 Å². The van der Waals surface area contributed by atoms with Gasteiger partial charge in [0.25, 0.3) is 0 Å². The lowest BCUT2D eigenvalue weighted by molar-refractivity contribution is 0.246. The fraction of sp³-hybridized carbons (Fsp3) is 0.250. The maximum absolute atomic E-state index is 14.4. The van der Waals surface area contributed by atoms with E-state index in [1.165, 1.54) is 0 Å². The summed E-state index contributed by atoms with van der Waals surface area (Å²) in [6.07, 6.45) is 0. The first-order chi connectivity index (χ1) is 15.7. The Kier molecular flexibility index (Phi) is 6.89. The SMILES string of the molecule is Cc1cc(C)c(N(O[S+]([O])(=O)c2c(F)c(F)c(F)c(F)c2F)c2c(C)cc(C)cc2C)c(C)c1. The normalized spacial score (nSPS) is 13.2. The van der Waals surface area contributed by atoms with Crippen LogP contribution in [0.2, 0.25) is 0 Å². The van der Waals surface area contributed by atoms with Gasteiger partial charge in [0, 0.05) is 0 Å². The van der Waals surface area contributed by atoms with Gasteiger partial charge in [0.15, 0.2) is 0 Å². The molecule has 0 N–H and O–H groups in total. The van der Waals surface area contributed by atoms with Crippen molar-refractivity contribution in [3.8, 4) is 0 Å². The summed E-state index contributed by atoms with van der Waals surface area (Å²) in [5.41, 5.74) is 4.45. The highest BCUT2D eigenvalue weighted by molar-refractivity contribution is 7.93. The van der Waals surface area contributed by atoms with Crippen molar-refractivity contribution in [1.29, 1.82) is 0 Å². The van der Waals surface area contributed by atoms with Crippen LogP contribution in [-0.2, 0) is 23.5 Å². The Morgan fingerprint density at radius 3 is 1.24 bits per heavy atom. The minimum atomic E-state index is -5.54.